The van der Waals surface area contributed by atoms with E-state index in [1.807, 2.05) is 18.2 Å². The van der Waals surface area contributed by atoms with Crippen molar-refractivity contribution >= 4 is 29.6 Å². The average Bonchev–Trinajstić information content (AvgIpc) is 3.21. The summed E-state index contributed by atoms with van der Waals surface area (Å²) < 4.78 is 0. The van der Waals surface area contributed by atoms with Crippen molar-refractivity contribution in [3.05, 3.63) is 29.6 Å². The number of fused-ring (bicyclic) bond motifs is 1. The van der Waals surface area contributed by atoms with Crippen LogP contribution in [-0.2, 0) is 0 Å². The van der Waals surface area contributed by atoms with Crippen molar-refractivity contribution in [3.63, 3.8) is 0 Å². The van der Waals surface area contributed by atoms with Gasteiger partial charge in [-0.05, 0) is 31.1 Å². The average molecular weight is 281 g/mol. The van der Waals surface area contributed by atoms with Crippen LogP contribution in [0.25, 0.3) is 11.6 Å². The lowest BCUT2D eigenvalue weighted by atomic mass is 10.1. The van der Waals surface area contributed by atoms with Crippen LogP contribution in [0.15, 0.2) is 23.3 Å². The van der Waals surface area contributed by atoms with Crippen LogP contribution in [0.4, 0.5) is 11.8 Å². The van der Waals surface area contributed by atoms with Gasteiger partial charge in [-0.2, -0.15) is 4.98 Å². The molecule has 4 rings (SSSR count). The summed E-state index contributed by atoms with van der Waals surface area (Å²) in [7, 11) is 0. The summed E-state index contributed by atoms with van der Waals surface area (Å²) in [4.78, 5) is 18.0. The Bertz CT molecular complexity index is 740. The van der Waals surface area contributed by atoms with Crippen LogP contribution in [0.5, 0.6) is 5.88 Å². The van der Waals surface area contributed by atoms with Gasteiger partial charge in [-0.15, -0.1) is 0 Å². The quantitative estimate of drug-likeness (QED) is 0.886. The number of pyridine rings is 1. The van der Waals surface area contributed by atoms with Crippen molar-refractivity contribution in [1.82, 2.24) is 15.0 Å². The van der Waals surface area contributed by atoms with E-state index in [4.69, 9.17) is 0 Å². The van der Waals surface area contributed by atoms with Gasteiger partial charge in [0.1, 0.15) is 5.69 Å². The fourth-order valence-electron chi connectivity index (χ4n) is 2.74. The summed E-state index contributed by atoms with van der Waals surface area (Å²) in [6, 6.07) is 3.85. The first-order valence-corrected chi connectivity index (χ1v) is 7.06. The van der Waals surface area contributed by atoms with Gasteiger partial charge < -0.3 is 15.0 Å². The monoisotopic (exact) mass is 281 g/mol. The lowest BCUT2D eigenvalue weighted by Crippen LogP contribution is -2.18. The molecular weight excluding hydrogens is 266 g/mol. The zero-order chi connectivity index (χ0) is 14.2. The fraction of sp³-hybridized carbons (Fsp3) is 0.267. The summed E-state index contributed by atoms with van der Waals surface area (Å²) in [6.45, 7) is 1.97. The number of anilines is 1. The molecule has 2 aliphatic heterocycles. The lowest BCUT2D eigenvalue weighted by molar-refractivity contribution is 0.455. The van der Waals surface area contributed by atoms with Crippen molar-refractivity contribution < 1.29 is 5.11 Å². The zero-order valence-corrected chi connectivity index (χ0v) is 11.5. The number of hydrogen-bond donors (Lipinski definition) is 2. The molecular formula is C15H15N5O. The van der Waals surface area contributed by atoms with Crippen molar-refractivity contribution in [2.24, 2.45) is 4.99 Å². The Kier molecular flexibility index (Phi) is 2.73. The molecule has 0 aromatic carbocycles. The Hall–Kier alpha value is -2.63. The smallest absolute Gasteiger partial charge is 0.238 e. The molecule has 0 atom stereocenters. The van der Waals surface area contributed by atoms with E-state index in [1.54, 1.807) is 12.4 Å². The number of nitrogens with one attached hydrogen (secondary N) is 1. The van der Waals surface area contributed by atoms with E-state index in [-0.39, 0.29) is 5.88 Å². The highest BCUT2D eigenvalue weighted by molar-refractivity contribution is 6.20. The van der Waals surface area contributed by atoms with Crippen LogP contribution in [0.2, 0.25) is 0 Å². The van der Waals surface area contributed by atoms with Crippen LogP contribution < -0.4 is 4.90 Å². The molecule has 2 aliphatic rings. The van der Waals surface area contributed by atoms with Crippen molar-refractivity contribution in [3.8, 4) is 5.88 Å². The minimum absolute atomic E-state index is 0.0233. The van der Waals surface area contributed by atoms with Gasteiger partial charge in [0, 0.05) is 36.6 Å². The second kappa shape index (κ2) is 4.73. The maximum Gasteiger partial charge on any atom is 0.238 e. The van der Waals surface area contributed by atoms with Gasteiger partial charge in [0.2, 0.25) is 11.8 Å². The van der Waals surface area contributed by atoms with E-state index in [0.717, 1.165) is 30.2 Å². The van der Waals surface area contributed by atoms with Gasteiger partial charge in [0.15, 0.2) is 5.82 Å². The van der Waals surface area contributed by atoms with E-state index in [0.29, 0.717) is 11.5 Å². The highest BCUT2D eigenvalue weighted by Gasteiger charge is 2.19. The van der Waals surface area contributed by atoms with E-state index in [2.05, 4.69) is 24.8 Å². The number of imidazole rings is 1. The molecule has 0 aliphatic carbocycles. The molecule has 0 radical (unpaired) electrons. The normalized spacial score (nSPS) is 18.7. The third kappa shape index (κ3) is 2.08. The van der Waals surface area contributed by atoms with E-state index in [9.17, 15) is 5.11 Å². The molecule has 21 heavy (non-hydrogen) atoms. The lowest BCUT2D eigenvalue weighted by Gasteiger charge is -2.12. The largest absolute Gasteiger partial charge is 0.492 e. The summed E-state index contributed by atoms with van der Waals surface area (Å²) in [5.74, 6) is 1.47. The number of aromatic amines is 1. The number of allylic oxidation sites excluding steroid dienone is 1. The number of aromatic hydroxyl groups is 1. The summed E-state index contributed by atoms with van der Waals surface area (Å²) in [6.07, 6.45) is 7.68. The summed E-state index contributed by atoms with van der Waals surface area (Å²) in [5, 5.41) is 10.0. The molecule has 0 unspecified atom stereocenters. The SMILES string of the molecule is Oc1nc(N2CCCC2)[nH]c1/C=C1\C=Nc2ncccc21. The molecule has 106 valence electrons. The Morgan fingerprint density at radius 1 is 1.29 bits per heavy atom. The standard InChI is InChI=1S/C15H15N5O/c21-14-12(18-15(19-14)20-6-1-2-7-20)8-10-9-17-13-11(10)4-3-5-16-13/h3-5,8-9,21H,1-2,6-7H2,(H,18,19)/b10-8+. The van der Waals surface area contributed by atoms with E-state index in [1.165, 1.54) is 12.8 Å². The Balaban J connectivity index is 1.69. The van der Waals surface area contributed by atoms with Gasteiger partial charge >= 0.3 is 0 Å². The Morgan fingerprint density at radius 2 is 2.14 bits per heavy atom. The van der Waals surface area contributed by atoms with Gasteiger partial charge in [0.05, 0.1) is 0 Å². The molecule has 0 bridgehead atoms. The molecule has 0 spiro atoms. The molecule has 1 saturated heterocycles. The van der Waals surface area contributed by atoms with Gasteiger partial charge in [0.25, 0.3) is 0 Å². The van der Waals surface area contributed by atoms with Crippen molar-refractivity contribution in [2.45, 2.75) is 12.8 Å². The van der Waals surface area contributed by atoms with Crippen LogP contribution in [0.3, 0.4) is 0 Å². The first-order valence-electron chi connectivity index (χ1n) is 7.06. The minimum atomic E-state index is 0.0233. The van der Waals surface area contributed by atoms with Crippen molar-refractivity contribution in [1.29, 1.82) is 0 Å². The molecule has 0 amide bonds. The Labute approximate surface area is 121 Å². The molecule has 1 fully saturated rings. The highest BCUT2D eigenvalue weighted by Crippen LogP contribution is 2.32. The van der Waals surface area contributed by atoms with E-state index < -0.39 is 0 Å². The van der Waals surface area contributed by atoms with Crippen LogP contribution in [-0.4, -0.2) is 39.4 Å². The number of hydrogen-bond acceptors (Lipinski definition) is 5. The molecule has 2 N–H and O–H groups in total. The predicted octanol–water partition coefficient (Wildman–Crippen LogP) is 2.37. The zero-order valence-electron chi connectivity index (χ0n) is 11.5. The molecule has 6 heteroatoms. The molecule has 2 aromatic heterocycles. The maximum absolute atomic E-state index is 10.0. The fourth-order valence-corrected chi connectivity index (χ4v) is 2.74. The summed E-state index contributed by atoms with van der Waals surface area (Å²) in [5.41, 5.74) is 2.49. The van der Waals surface area contributed by atoms with Crippen LogP contribution in [0, 0.1) is 0 Å². The maximum atomic E-state index is 10.0. The number of rotatable bonds is 2. The molecule has 6 nitrogen and oxygen atoms in total. The van der Waals surface area contributed by atoms with Gasteiger partial charge in [-0.1, -0.05) is 0 Å². The number of H-pyrrole nitrogens is 1. The first kappa shape index (κ1) is 12.1. The number of nitrogens with zero attached hydrogens (tertiary/aromatic N) is 4. The van der Waals surface area contributed by atoms with Gasteiger partial charge in [-0.25, -0.2) is 9.98 Å². The topological polar surface area (TPSA) is 77.4 Å². The van der Waals surface area contributed by atoms with Crippen molar-refractivity contribution in [2.75, 3.05) is 18.0 Å². The highest BCUT2D eigenvalue weighted by atomic mass is 16.3. The van der Waals surface area contributed by atoms with Gasteiger partial charge in [-0.3, -0.25) is 0 Å². The second-order valence-electron chi connectivity index (χ2n) is 5.22. The number of aliphatic imine (C=N–C) groups is 1. The third-order valence-electron chi connectivity index (χ3n) is 3.83. The number of aromatic nitrogens is 3. The third-order valence-corrected chi connectivity index (χ3v) is 3.83. The minimum Gasteiger partial charge on any atom is -0.492 e. The van der Waals surface area contributed by atoms with Crippen LogP contribution >= 0.6 is 0 Å². The Morgan fingerprint density at radius 3 is 3.00 bits per heavy atom. The second-order valence-corrected chi connectivity index (χ2v) is 5.22. The predicted molar refractivity (Wildman–Crippen MR) is 82.0 cm³/mol. The molecule has 0 saturated carbocycles. The molecule has 4 heterocycles. The summed E-state index contributed by atoms with van der Waals surface area (Å²) >= 11 is 0. The van der Waals surface area contributed by atoms with E-state index >= 15 is 0 Å². The first-order chi connectivity index (χ1) is 10.3. The molecule has 2 aromatic rings. The van der Waals surface area contributed by atoms with Crippen LogP contribution in [0.1, 0.15) is 24.1 Å².